The number of nitrogens with one attached hydrogen (secondary N) is 3. The van der Waals surface area contributed by atoms with Gasteiger partial charge in [0.05, 0.1) is 19.0 Å². The van der Waals surface area contributed by atoms with E-state index in [0.29, 0.717) is 17.1 Å². The van der Waals surface area contributed by atoms with Crippen LogP contribution in [-0.4, -0.2) is 34.0 Å². The molecule has 4 N–H and O–H groups in total. The van der Waals surface area contributed by atoms with Gasteiger partial charge in [0.1, 0.15) is 11.3 Å². The van der Waals surface area contributed by atoms with Gasteiger partial charge >= 0.3 is 6.03 Å². The lowest BCUT2D eigenvalue weighted by molar-refractivity contribution is 0.252. The zero-order valence-electron chi connectivity index (χ0n) is 15.2. The van der Waals surface area contributed by atoms with E-state index in [1.165, 1.54) is 11.7 Å². The van der Waals surface area contributed by atoms with Gasteiger partial charge in [-0.3, -0.25) is 14.3 Å². The fraction of sp³-hybridized carbons (Fsp3) is 0.0526. The first kappa shape index (κ1) is 19.8. The Balaban J connectivity index is 1.88. The number of para-hydroxylation sites is 3. The number of aromatic hydroxyl groups is 1. The zero-order valence-corrected chi connectivity index (χ0v) is 16.1. The molecule has 3 rings (SSSR count). The molecule has 0 saturated heterocycles. The Morgan fingerprint density at radius 1 is 1.21 bits per heavy atom. The third-order valence-corrected chi connectivity index (χ3v) is 4.12. The molecule has 3 aromatic rings. The van der Waals surface area contributed by atoms with E-state index in [1.54, 1.807) is 48.5 Å². The molecule has 29 heavy (non-hydrogen) atoms. The molecule has 0 aliphatic heterocycles. The predicted molar refractivity (Wildman–Crippen MR) is 112 cm³/mol. The first-order valence-corrected chi connectivity index (χ1v) is 8.79. The first-order valence-electron chi connectivity index (χ1n) is 8.38. The number of amides is 2. The number of urea groups is 1. The molecular weight excluding hydrogens is 394 g/mol. The van der Waals surface area contributed by atoms with Crippen molar-refractivity contribution in [3.63, 3.8) is 0 Å². The van der Waals surface area contributed by atoms with Crippen molar-refractivity contribution >= 4 is 30.2 Å². The normalized spacial score (nSPS) is 10.7. The lowest BCUT2D eigenvalue weighted by Crippen LogP contribution is -2.25. The molecule has 2 aromatic carbocycles. The Kier molecular flexibility index (Phi) is 6.05. The monoisotopic (exact) mass is 411 g/mol. The van der Waals surface area contributed by atoms with Crippen LogP contribution in [0.25, 0.3) is 5.69 Å². The number of methoxy groups -OCH3 is 1. The number of benzene rings is 2. The molecule has 0 fully saturated rings. The van der Waals surface area contributed by atoms with E-state index < -0.39 is 17.5 Å². The van der Waals surface area contributed by atoms with E-state index in [2.05, 4.69) is 20.8 Å². The summed E-state index contributed by atoms with van der Waals surface area (Å²) in [5.74, 6) is -0.00790. The Morgan fingerprint density at radius 3 is 2.62 bits per heavy atom. The van der Waals surface area contributed by atoms with Gasteiger partial charge in [-0.2, -0.15) is 5.10 Å². The van der Waals surface area contributed by atoms with Crippen molar-refractivity contribution in [2.75, 3.05) is 12.4 Å². The SMILES string of the molecule is COc1ccccc1-n1c(O)c(/C=N/NC(=O)Nc2ccccc2)c(=O)[nH]c1=S. The molecule has 0 atom stereocenters. The van der Waals surface area contributed by atoms with Crippen molar-refractivity contribution in [2.45, 2.75) is 0 Å². The second-order valence-electron chi connectivity index (χ2n) is 5.69. The minimum Gasteiger partial charge on any atom is -0.495 e. The van der Waals surface area contributed by atoms with Crippen LogP contribution in [-0.2, 0) is 0 Å². The minimum atomic E-state index is -0.660. The molecule has 10 heteroatoms. The van der Waals surface area contributed by atoms with Gasteiger partial charge in [-0.25, -0.2) is 10.2 Å². The number of hydrogen-bond donors (Lipinski definition) is 4. The number of aromatic amines is 1. The standard InChI is InChI=1S/C19H17N5O4S/c1-28-15-10-6-5-9-14(15)24-17(26)13(16(25)22-19(24)29)11-20-23-18(27)21-12-7-3-2-4-8-12/h2-11,26H,1H3,(H2,21,23,27)(H,22,25,29)/b20-11+. The number of ether oxygens (including phenoxy) is 1. The molecule has 1 aromatic heterocycles. The summed E-state index contributed by atoms with van der Waals surface area (Å²) in [4.78, 5) is 26.6. The Hall–Kier alpha value is -3.92. The van der Waals surface area contributed by atoms with Crippen LogP contribution in [0.4, 0.5) is 10.5 Å². The maximum absolute atomic E-state index is 12.2. The highest BCUT2D eigenvalue weighted by Gasteiger charge is 2.15. The quantitative estimate of drug-likeness (QED) is 0.292. The van der Waals surface area contributed by atoms with E-state index in [1.807, 2.05) is 6.07 Å². The number of carbonyl (C=O) groups is 1. The van der Waals surface area contributed by atoms with Crippen molar-refractivity contribution in [1.29, 1.82) is 0 Å². The second kappa shape index (κ2) is 8.85. The second-order valence-corrected chi connectivity index (χ2v) is 6.08. The topological polar surface area (TPSA) is 121 Å². The van der Waals surface area contributed by atoms with E-state index in [0.717, 1.165) is 6.21 Å². The van der Waals surface area contributed by atoms with E-state index in [4.69, 9.17) is 17.0 Å². The predicted octanol–water partition coefficient (Wildman–Crippen LogP) is 2.76. The molecule has 0 radical (unpaired) electrons. The van der Waals surface area contributed by atoms with Crippen LogP contribution in [0.2, 0.25) is 0 Å². The summed E-state index contributed by atoms with van der Waals surface area (Å²) in [5, 5.41) is 16.9. The Morgan fingerprint density at radius 2 is 1.90 bits per heavy atom. The average molecular weight is 411 g/mol. The summed E-state index contributed by atoms with van der Waals surface area (Å²) in [5.41, 5.74) is 2.38. The summed E-state index contributed by atoms with van der Waals surface area (Å²) >= 11 is 5.17. The van der Waals surface area contributed by atoms with Gasteiger partial charge in [-0.15, -0.1) is 0 Å². The van der Waals surface area contributed by atoms with Crippen LogP contribution in [0.3, 0.4) is 0 Å². The van der Waals surface area contributed by atoms with E-state index in [9.17, 15) is 14.7 Å². The smallest absolute Gasteiger partial charge is 0.339 e. The van der Waals surface area contributed by atoms with Crippen molar-refractivity contribution in [2.24, 2.45) is 5.10 Å². The average Bonchev–Trinajstić information content (AvgIpc) is 2.71. The number of H-pyrrole nitrogens is 1. The molecule has 2 amide bonds. The number of anilines is 1. The lowest BCUT2D eigenvalue weighted by Gasteiger charge is -2.14. The van der Waals surface area contributed by atoms with Crippen LogP contribution in [0.5, 0.6) is 11.6 Å². The van der Waals surface area contributed by atoms with Crippen molar-refractivity contribution in [1.82, 2.24) is 15.0 Å². The summed E-state index contributed by atoms with van der Waals surface area (Å²) in [6.07, 6.45) is 1.03. The highest BCUT2D eigenvalue weighted by molar-refractivity contribution is 7.71. The minimum absolute atomic E-state index is 0.0241. The number of aromatic nitrogens is 2. The molecule has 0 bridgehead atoms. The molecule has 0 aliphatic rings. The van der Waals surface area contributed by atoms with Gasteiger partial charge in [-0.05, 0) is 36.5 Å². The molecule has 1 heterocycles. The van der Waals surface area contributed by atoms with Gasteiger partial charge in [0.25, 0.3) is 5.56 Å². The maximum atomic E-state index is 12.2. The summed E-state index contributed by atoms with van der Waals surface area (Å²) in [6.45, 7) is 0. The summed E-state index contributed by atoms with van der Waals surface area (Å²) in [6, 6.07) is 15.0. The third-order valence-electron chi connectivity index (χ3n) is 3.84. The lowest BCUT2D eigenvalue weighted by atomic mass is 10.2. The molecule has 0 aliphatic carbocycles. The van der Waals surface area contributed by atoms with E-state index >= 15 is 0 Å². The highest BCUT2D eigenvalue weighted by Crippen LogP contribution is 2.26. The third kappa shape index (κ3) is 4.50. The van der Waals surface area contributed by atoms with Gasteiger partial charge in [0.2, 0.25) is 5.88 Å². The summed E-state index contributed by atoms with van der Waals surface area (Å²) in [7, 11) is 1.48. The Labute approximate surface area is 170 Å². The van der Waals surface area contributed by atoms with E-state index in [-0.39, 0.29) is 10.3 Å². The van der Waals surface area contributed by atoms with Gasteiger partial charge in [0.15, 0.2) is 4.77 Å². The largest absolute Gasteiger partial charge is 0.495 e. The zero-order chi connectivity index (χ0) is 20.8. The fourth-order valence-corrected chi connectivity index (χ4v) is 2.81. The molecule has 148 valence electrons. The Bertz CT molecular complexity index is 1170. The highest BCUT2D eigenvalue weighted by atomic mass is 32.1. The van der Waals surface area contributed by atoms with Crippen molar-refractivity contribution in [3.05, 3.63) is 75.3 Å². The summed E-state index contributed by atoms with van der Waals surface area (Å²) < 4.78 is 6.49. The fourth-order valence-electron chi connectivity index (χ4n) is 2.53. The van der Waals surface area contributed by atoms with Gasteiger partial charge in [0, 0.05) is 5.69 Å². The van der Waals surface area contributed by atoms with Crippen molar-refractivity contribution in [3.8, 4) is 17.3 Å². The van der Waals surface area contributed by atoms with Gasteiger partial charge < -0.3 is 15.2 Å². The van der Waals surface area contributed by atoms with Crippen LogP contribution in [0, 0.1) is 4.77 Å². The molecule has 9 nitrogen and oxygen atoms in total. The number of nitrogens with zero attached hydrogens (tertiary/aromatic N) is 2. The number of carbonyl (C=O) groups excluding carboxylic acids is 1. The first-order chi connectivity index (χ1) is 14.0. The molecular formula is C19H17N5O4S. The molecule has 0 unspecified atom stereocenters. The molecule has 0 spiro atoms. The van der Waals surface area contributed by atoms with Gasteiger partial charge in [-0.1, -0.05) is 30.3 Å². The van der Waals surface area contributed by atoms with Crippen molar-refractivity contribution < 1.29 is 14.6 Å². The van der Waals surface area contributed by atoms with Crippen LogP contribution < -0.4 is 21.0 Å². The van der Waals surface area contributed by atoms with Crippen LogP contribution >= 0.6 is 12.2 Å². The van der Waals surface area contributed by atoms with Crippen LogP contribution in [0.1, 0.15) is 5.56 Å². The number of hydrogen-bond acceptors (Lipinski definition) is 6. The maximum Gasteiger partial charge on any atom is 0.339 e. The van der Waals surface area contributed by atoms with Crippen LogP contribution in [0.15, 0.2) is 64.5 Å². The molecule has 0 saturated carbocycles. The number of rotatable bonds is 5. The number of hydrazone groups is 1.